The quantitative estimate of drug-likeness (QED) is 0.576. The summed E-state index contributed by atoms with van der Waals surface area (Å²) in [6, 6.07) is 3.36. The Morgan fingerprint density at radius 3 is 1.73 bits per heavy atom. The fourth-order valence-corrected chi connectivity index (χ4v) is 1.12. The lowest BCUT2D eigenvalue weighted by Gasteiger charge is -2.07. The summed E-state index contributed by atoms with van der Waals surface area (Å²) in [4.78, 5) is 21.2. The van der Waals surface area contributed by atoms with Crippen LogP contribution in [0.25, 0.3) is 0 Å². The zero-order valence-corrected chi connectivity index (χ0v) is 7.91. The number of rotatable bonds is 2. The average molecular weight is 207 g/mol. The van der Waals surface area contributed by atoms with Crippen molar-refractivity contribution in [3.8, 4) is 0 Å². The minimum atomic E-state index is -0.689. The fourth-order valence-electron chi connectivity index (χ4n) is 1.12. The van der Waals surface area contributed by atoms with E-state index >= 15 is 0 Å². The number of carbonyl (C=O) groups excluding carboxylic acids is 2. The summed E-state index contributed by atoms with van der Waals surface area (Å²) in [5.41, 5.74) is 11.4. The normalized spacial score (nSPS) is 9.40. The molecular weight excluding hydrogens is 196 g/mol. The highest BCUT2D eigenvalue weighted by molar-refractivity contribution is 5.91. The molecule has 0 aromatic heterocycles. The summed E-state index contributed by atoms with van der Waals surface area (Å²) in [5.74, 6) is 0. The number of hydrogen-bond acceptors (Lipinski definition) is 2. The van der Waals surface area contributed by atoms with Gasteiger partial charge in [0, 0.05) is 11.4 Å². The number of benzene rings is 1. The van der Waals surface area contributed by atoms with Gasteiger partial charge in [-0.15, -0.1) is 0 Å². The van der Waals surface area contributed by atoms with Crippen molar-refractivity contribution in [1.82, 2.24) is 0 Å². The number of anilines is 2. The fraction of sp³-hybridized carbons (Fsp3) is 0. The monoisotopic (exact) mass is 207 g/mol. The number of primary amides is 2. The van der Waals surface area contributed by atoms with E-state index in [1.54, 1.807) is 12.1 Å². The average Bonchev–Trinajstić information content (AvgIpc) is 1.98. The maximum Gasteiger partial charge on any atom is 0.316 e. The molecule has 0 fully saturated rings. The number of hydrogen-bond donors (Lipinski definition) is 4. The first-order valence-corrected chi connectivity index (χ1v) is 4.07. The van der Waals surface area contributed by atoms with Gasteiger partial charge in [0.15, 0.2) is 0 Å². The Morgan fingerprint density at radius 2 is 1.40 bits per heavy atom. The molecular formula is C9H11N4O2. The first kappa shape index (κ1) is 10.8. The Kier molecular flexibility index (Phi) is 3.12. The molecule has 1 rings (SSSR count). The summed E-state index contributed by atoms with van der Waals surface area (Å²) in [7, 11) is 0. The van der Waals surface area contributed by atoms with Gasteiger partial charge < -0.3 is 22.1 Å². The molecule has 0 aliphatic heterocycles. The number of carbonyl (C=O) groups is 2. The van der Waals surface area contributed by atoms with Gasteiger partial charge in [-0.1, -0.05) is 0 Å². The van der Waals surface area contributed by atoms with Crippen molar-refractivity contribution in [2.75, 3.05) is 10.6 Å². The van der Waals surface area contributed by atoms with Crippen LogP contribution in [0.5, 0.6) is 0 Å². The third-order valence-corrected chi connectivity index (χ3v) is 1.53. The zero-order valence-electron chi connectivity index (χ0n) is 7.91. The lowest BCUT2D eigenvalue weighted by Crippen LogP contribution is -2.21. The summed E-state index contributed by atoms with van der Waals surface area (Å²) in [6.45, 7) is 3.67. The van der Waals surface area contributed by atoms with Crippen molar-refractivity contribution >= 4 is 23.4 Å². The number of amides is 4. The second-order valence-corrected chi connectivity index (χ2v) is 2.90. The molecule has 6 N–H and O–H groups in total. The smallest absolute Gasteiger partial charge is 0.316 e. The predicted molar refractivity (Wildman–Crippen MR) is 57.3 cm³/mol. The van der Waals surface area contributed by atoms with Gasteiger partial charge in [-0.05, 0) is 30.7 Å². The van der Waals surface area contributed by atoms with Crippen LogP contribution in [0.2, 0.25) is 0 Å². The van der Waals surface area contributed by atoms with Crippen LogP contribution in [0.4, 0.5) is 21.0 Å². The van der Waals surface area contributed by atoms with Gasteiger partial charge in [-0.25, -0.2) is 9.59 Å². The minimum Gasteiger partial charge on any atom is -0.351 e. The van der Waals surface area contributed by atoms with Crippen LogP contribution in [0, 0.1) is 6.92 Å². The molecule has 79 valence electrons. The SMILES string of the molecule is [CH2]c1cc(NC(N)=O)cc(NC(N)=O)c1. The maximum absolute atomic E-state index is 10.6. The predicted octanol–water partition coefficient (Wildman–Crippen LogP) is 0.850. The first-order chi connectivity index (χ1) is 6.97. The molecule has 0 bridgehead atoms. The van der Waals surface area contributed by atoms with E-state index in [-0.39, 0.29) is 0 Å². The summed E-state index contributed by atoms with van der Waals surface area (Å²) in [5, 5.41) is 4.73. The van der Waals surface area contributed by atoms with Crippen LogP contribution < -0.4 is 22.1 Å². The first-order valence-electron chi connectivity index (χ1n) is 4.07. The van der Waals surface area contributed by atoms with Gasteiger partial charge in [-0.2, -0.15) is 0 Å². The van der Waals surface area contributed by atoms with E-state index in [9.17, 15) is 9.59 Å². The van der Waals surface area contributed by atoms with E-state index in [2.05, 4.69) is 17.6 Å². The molecule has 0 saturated heterocycles. The molecule has 15 heavy (non-hydrogen) atoms. The molecule has 0 atom stereocenters. The van der Waals surface area contributed by atoms with Gasteiger partial charge in [0.2, 0.25) is 0 Å². The number of urea groups is 2. The largest absolute Gasteiger partial charge is 0.351 e. The van der Waals surface area contributed by atoms with E-state index in [1.807, 2.05) is 0 Å². The molecule has 6 heteroatoms. The number of nitrogens with two attached hydrogens (primary N) is 2. The Labute approximate surface area is 86.6 Å². The van der Waals surface area contributed by atoms with E-state index in [0.717, 1.165) is 0 Å². The molecule has 0 unspecified atom stereocenters. The lowest BCUT2D eigenvalue weighted by atomic mass is 10.2. The van der Waals surface area contributed by atoms with Crippen LogP contribution in [-0.2, 0) is 0 Å². The Bertz CT molecular complexity index is 369. The Balaban J connectivity index is 2.94. The summed E-state index contributed by atoms with van der Waals surface area (Å²) >= 11 is 0. The Hall–Kier alpha value is -2.24. The van der Waals surface area contributed by atoms with E-state index in [4.69, 9.17) is 11.5 Å². The molecule has 1 aromatic carbocycles. The van der Waals surface area contributed by atoms with Crippen LogP contribution >= 0.6 is 0 Å². The van der Waals surface area contributed by atoms with Gasteiger partial charge in [0.25, 0.3) is 0 Å². The van der Waals surface area contributed by atoms with Crippen LogP contribution in [0.3, 0.4) is 0 Å². The van der Waals surface area contributed by atoms with Crippen molar-refractivity contribution in [2.24, 2.45) is 11.5 Å². The third-order valence-electron chi connectivity index (χ3n) is 1.53. The molecule has 0 spiro atoms. The maximum atomic E-state index is 10.6. The molecule has 4 amide bonds. The summed E-state index contributed by atoms with van der Waals surface area (Å²) < 4.78 is 0. The van der Waals surface area contributed by atoms with Gasteiger partial charge in [-0.3, -0.25) is 0 Å². The number of nitrogens with one attached hydrogen (secondary N) is 2. The lowest BCUT2D eigenvalue weighted by molar-refractivity contribution is 0.258. The highest BCUT2D eigenvalue weighted by atomic mass is 16.2. The van der Waals surface area contributed by atoms with Crippen molar-refractivity contribution in [3.05, 3.63) is 30.7 Å². The topological polar surface area (TPSA) is 110 Å². The molecule has 1 aromatic rings. The molecule has 6 nitrogen and oxygen atoms in total. The summed E-state index contributed by atoms with van der Waals surface area (Å²) in [6.07, 6.45) is 0. The zero-order chi connectivity index (χ0) is 11.4. The third kappa shape index (κ3) is 3.55. The second-order valence-electron chi connectivity index (χ2n) is 2.90. The molecule has 0 saturated carbocycles. The van der Waals surface area contributed by atoms with E-state index < -0.39 is 12.1 Å². The highest BCUT2D eigenvalue weighted by Crippen LogP contribution is 2.18. The second kappa shape index (κ2) is 4.32. The van der Waals surface area contributed by atoms with Crippen LogP contribution in [0.15, 0.2) is 18.2 Å². The van der Waals surface area contributed by atoms with Crippen molar-refractivity contribution in [1.29, 1.82) is 0 Å². The standard InChI is InChI=1S/C9H11N4O2/c1-5-2-6(12-8(10)14)4-7(3-5)13-9(11)15/h2-4H,1H2,(H3,10,12,14)(H3,11,13,15). The molecule has 0 aliphatic rings. The van der Waals surface area contributed by atoms with Gasteiger partial charge in [0.1, 0.15) is 0 Å². The van der Waals surface area contributed by atoms with Gasteiger partial charge in [0.05, 0.1) is 0 Å². The Morgan fingerprint density at radius 1 is 1.00 bits per heavy atom. The van der Waals surface area contributed by atoms with Gasteiger partial charge >= 0.3 is 12.1 Å². The van der Waals surface area contributed by atoms with Crippen molar-refractivity contribution in [3.63, 3.8) is 0 Å². The highest BCUT2D eigenvalue weighted by Gasteiger charge is 2.02. The molecule has 0 aliphatic carbocycles. The van der Waals surface area contributed by atoms with Crippen molar-refractivity contribution < 1.29 is 9.59 Å². The minimum absolute atomic E-state index is 0.443. The van der Waals surface area contributed by atoms with Crippen molar-refractivity contribution in [2.45, 2.75) is 0 Å². The van der Waals surface area contributed by atoms with Crippen LogP contribution in [0.1, 0.15) is 5.56 Å². The van der Waals surface area contributed by atoms with E-state index in [1.165, 1.54) is 6.07 Å². The molecule has 1 radical (unpaired) electrons. The van der Waals surface area contributed by atoms with Crippen LogP contribution in [-0.4, -0.2) is 12.1 Å². The molecule has 0 heterocycles. The van der Waals surface area contributed by atoms with E-state index in [0.29, 0.717) is 16.9 Å².